The molecule has 0 unspecified atom stereocenters. The molecule has 0 aliphatic carbocycles. The van der Waals surface area contributed by atoms with Crippen LogP contribution in [0.4, 0.5) is 22.0 Å². The van der Waals surface area contributed by atoms with Gasteiger partial charge >= 0.3 is 6.18 Å². The highest BCUT2D eigenvalue weighted by molar-refractivity contribution is 5.85. The normalized spacial score (nSPS) is 11.3. The minimum absolute atomic E-state index is 0. The Morgan fingerprint density at radius 1 is 1.09 bits per heavy atom. The molecule has 1 aromatic carbocycles. The molecule has 3 nitrogen and oxygen atoms in total. The van der Waals surface area contributed by atoms with Crippen molar-refractivity contribution in [1.29, 1.82) is 0 Å². The van der Waals surface area contributed by atoms with Gasteiger partial charge in [0.2, 0.25) is 0 Å². The Hall–Kier alpha value is -1.67. The predicted molar refractivity (Wildman–Crippen MR) is 72.4 cm³/mol. The molecule has 9 heteroatoms. The number of alkyl halides is 3. The third-order valence-electron chi connectivity index (χ3n) is 2.67. The van der Waals surface area contributed by atoms with Gasteiger partial charge in [-0.3, -0.25) is 4.68 Å². The lowest BCUT2D eigenvalue weighted by Crippen LogP contribution is -2.19. The van der Waals surface area contributed by atoms with Gasteiger partial charge in [-0.1, -0.05) is 0 Å². The number of benzene rings is 1. The van der Waals surface area contributed by atoms with Gasteiger partial charge in [0, 0.05) is 24.8 Å². The van der Waals surface area contributed by atoms with Gasteiger partial charge in [0.15, 0.2) is 0 Å². The summed E-state index contributed by atoms with van der Waals surface area (Å²) < 4.78 is 63.5. The molecule has 0 aliphatic rings. The molecule has 1 heterocycles. The molecule has 0 atom stereocenters. The van der Waals surface area contributed by atoms with Crippen molar-refractivity contribution in [3.63, 3.8) is 0 Å². The van der Waals surface area contributed by atoms with Gasteiger partial charge in [0.05, 0.1) is 5.69 Å². The summed E-state index contributed by atoms with van der Waals surface area (Å²) in [6.07, 6.45) is -3.12. The number of rotatable bonds is 5. The van der Waals surface area contributed by atoms with Crippen molar-refractivity contribution in [2.24, 2.45) is 0 Å². The second-order valence-electron chi connectivity index (χ2n) is 4.46. The van der Waals surface area contributed by atoms with Gasteiger partial charge in [-0.05, 0) is 24.3 Å². The molecule has 0 radical (unpaired) electrons. The Labute approximate surface area is 129 Å². The van der Waals surface area contributed by atoms with E-state index in [0.29, 0.717) is 5.69 Å². The van der Waals surface area contributed by atoms with Gasteiger partial charge < -0.3 is 5.32 Å². The van der Waals surface area contributed by atoms with Crippen molar-refractivity contribution in [3.05, 3.63) is 53.4 Å². The van der Waals surface area contributed by atoms with Crippen molar-refractivity contribution in [1.82, 2.24) is 15.1 Å². The summed E-state index contributed by atoms with van der Waals surface area (Å²) >= 11 is 0. The largest absolute Gasteiger partial charge is 0.408 e. The summed E-state index contributed by atoms with van der Waals surface area (Å²) in [4.78, 5) is 0. The van der Waals surface area contributed by atoms with Crippen LogP contribution in [0.25, 0.3) is 0 Å². The van der Waals surface area contributed by atoms with Crippen molar-refractivity contribution in [2.45, 2.75) is 25.8 Å². The maximum absolute atomic E-state index is 13.3. The lowest BCUT2D eigenvalue weighted by molar-refractivity contribution is -0.142. The first-order chi connectivity index (χ1) is 9.83. The molecule has 22 heavy (non-hydrogen) atoms. The second-order valence-corrected chi connectivity index (χ2v) is 4.46. The molecule has 2 rings (SSSR count). The SMILES string of the molecule is Cl.Fc1ccc(F)c(CNCc2ccn(CC(F)(F)F)n2)c1. The van der Waals surface area contributed by atoms with Crippen LogP contribution in [-0.2, 0) is 19.6 Å². The highest BCUT2D eigenvalue weighted by atomic mass is 35.5. The van der Waals surface area contributed by atoms with Crippen molar-refractivity contribution in [3.8, 4) is 0 Å². The number of hydrogen-bond acceptors (Lipinski definition) is 2. The molecular weight excluding hydrogens is 329 g/mol. The highest BCUT2D eigenvalue weighted by Crippen LogP contribution is 2.17. The smallest absolute Gasteiger partial charge is 0.307 e. The molecule has 0 amide bonds. The first-order valence-corrected chi connectivity index (χ1v) is 6.07. The summed E-state index contributed by atoms with van der Waals surface area (Å²) in [7, 11) is 0. The quantitative estimate of drug-likeness (QED) is 0.844. The van der Waals surface area contributed by atoms with Crippen molar-refractivity contribution < 1.29 is 22.0 Å². The predicted octanol–water partition coefficient (Wildman–Crippen LogP) is 3.44. The van der Waals surface area contributed by atoms with E-state index in [0.717, 1.165) is 22.9 Å². The Kier molecular flexibility index (Phi) is 6.31. The van der Waals surface area contributed by atoms with E-state index in [-0.39, 0.29) is 31.1 Å². The number of nitrogens with zero attached hydrogens (tertiary/aromatic N) is 2. The van der Waals surface area contributed by atoms with E-state index in [2.05, 4.69) is 10.4 Å². The molecule has 0 bridgehead atoms. The highest BCUT2D eigenvalue weighted by Gasteiger charge is 2.28. The summed E-state index contributed by atoms with van der Waals surface area (Å²) in [5.74, 6) is -1.10. The van der Waals surface area contributed by atoms with E-state index in [1.54, 1.807) is 0 Å². The van der Waals surface area contributed by atoms with Gasteiger partial charge in [-0.15, -0.1) is 12.4 Å². The minimum atomic E-state index is -4.33. The van der Waals surface area contributed by atoms with Crippen LogP contribution in [0, 0.1) is 11.6 Å². The average molecular weight is 342 g/mol. The maximum Gasteiger partial charge on any atom is 0.408 e. The Bertz CT molecular complexity index is 612. The van der Waals surface area contributed by atoms with E-state index in [1.165, 1.54) is 12.3 Å². The Morgan fingerprint density at radius 3 is 2.50 bits per heavy atom. The van der Waals surface area contributed by atoms with E-state index in [1.807, 2.05) is 0 Å². The first-order valence-electron chi connectivity index (χ1n) is 6.07. The monoisotopic (exact) mass is 341 g/mol. The maximum atomic E-state index is 13.3. The zero-order valence-corrected chi connectivity index (χ0v) is 12.0. The Morgan fingerprint density at radius 2 is 1.82 bits per heavy atom. The molecule has 0 aliphatic heterocycles. The van der Waals surface area contributed by atoms with Gasteiger partial charge in [-0.25, -0.2) is 8.78 Å². The average Bonchev–Trinajstić information content (AvgIpc) is 2.79. The molecule has 0 spiro atoms. The minimum Gasteiger partial charge on any atom is -0.307 e. The molecule has 1 N–H and O–H groups in total. The summed E-state index contributed by atoms with van der Waals surface area (Å²) in [5, 5.41) is 6.53. The van der Waals surface area contributed by atoms with Crippen molar-refractivity contribution >= 4 is 12.4 Å². The van der Waals surface area contributed by atoms with Crippen LogP contribution in [0.2, 0.25) is 0 Å². The van der Waals surface area contributed by atoms with Crippen LogP contribution < -0.4 is 5.32 Å². The third kappa shape index (κ3) is 5.61. The standard InChI is InChI=1S/C13H12F5N3.ClH/c14-10-1-2-12(15)9(5-10)6-19-7-11-3-4-21(20-11)8-13(16,17)18;/h1-5,19H,6-8H2;1H. The van der Waals surface area contributed by atoms with E-state index in [9.17, 15) is 22.0 Å². The summed E-state index contributed by atoms with van der Waals surface area (Å²) in [6, 6.07) is 4.52. The zero-order valence-electron chi connectivity index (χ0n) is 11.2. The molecule has 122 valence electrons. The lowest BCUT2D eigenvalue weighted by atomic mass is 10.2. The fourth-order valence-electron chi connectivity index (χ4n) is 1.77. The van der Waals surface area contributed by atoms with E-state index in [4.69, 9.17) is 0 Å². The second kappa shape index (κ2) is 7.55. The van der Waals surface area contributed by atoms with Crippen LogP contribution in [-0.4, -0.2) is 16.0 Å². The number of hydrogen-bond donors (Lipinski definition) is 1. The molecule has 1 aromatic heterocycles. The third-order valence-corrected chi connectivity index (χ3v) is 2.67. The molecular formula is C13H13ClF5N3. The topological polar surface area (TPSA) is 29.9 Å². The van der Waals surface area contributed by atoms with Gasteiger partial charge in [0.1, 0.15) is 18.2 Å². The fraction of sp³-hybridized carbons (Fsp3) is 0.308. The number of halogens is 6. The Balaban J connectivity index is 0.00000242. The van der Waals surface area contributed by atoms with Crippen LogP contribution in [0.5, 0.6) is 0 Å². The fourth-order valence-corrected chi connectivity index (χ4v) is 1.77. The van der Waals surface area contributed by atoms with Crippen LogP contribution in [0.1, 0.15) is 11.3 Å². The molecule has 2 aromatic rings. The van der Waals surface area contributed by atoms with E-state index >= 15 is 0 Å². The van der Waals surface area contributed by atoms with Crippen LogP contribution >= 0.6 is 12.4 Å². The number of nitrogens with one attached hydrogen (secondary N) is 1. The summed E-state index contributed by atoms with van der Waals surface area (Å²) in [5.41, 5.74) is 0.529. The molecule has 0 saturated carbocycles. The van der Waals surface area contributed by atoms with Gasteiger partial charge in [0.25, 0.3) is 0 Å². The first kappa shape index (κ1) is 18.4. The van der Waals surface area contributed by atoms with Crippen molar-refractivity contribution in [2.75, 3.05) is 0 Å². The summed E-state index contributed by atoms with van der Waals surface area (Å²) in [6.45, 7) is -0.956. The van der Waals surface area contributed by atoms with E-state index < -0.39 is 24.4 Å². The molecule has 0 saturated heterocycles. The van der Waals surface area contributed by atoms with Gasteiger partial charge in [-0.2, -0.15) is 18.3 Å². The van der Waals surface area contributed by atoms with Crippen LogP contribution in [0.3, 0.4) is 0 Å². The molecule has 0 fully saturated rings. The zero-order chi connectivity index (χ0) is 15.5. The number of aromatic nitrogens is 2. The lowest BCUT2D eigenvalue weighted by Gasteiger charge is -2.06. The van der Waals surface area contributed by atoms with Crippen LogP contribution in [0.15, 0.2) is 30.5 Å².